The Morgan fingerprint density at radius 1 is 1.32 bits per heavy atom. The molecule has 1 amide bonds. The average molecular weight is 262 g/mol. The molecular weight excluding hydrogens is 240 g/mol. The second kappa shape index (κ2) is 6.57. The van der Waals surface area contributed by atoms with E-state index in [0.717, 1.165) is 24.3 Å². The number of nitrogens with one attached hydrogen (secondary N) is 1. The van der Waals surface area contributed by atoms with Crippen LogP contribution < -0.4 is 10.2 Å². The zero-order chi connectivity index (χ0) is 13.7. The monoisotopic (exact) mass is 262 g/mol. The molecule has 0 saturated carbocycles. The number of benzene rings is 1. The fraction of sp³-hybridized carbons (Fsp3) is 0.533. The van der Waals surface area contributed by atoms with Gasteiger partial charge in [0.05, 0.1) is 11.7 Å². The van der Waals surface area contributed by atoms with Gasteiger partial charge in [0.1, 0.15) is 6.73 Å². The highest BCUT2D eigenvalue weighted by Crippen LogP contribution is 2.24. The van der Waals surface area contributed by atoms with Crippen LogP contribution in [0.1, 0.15) is 37.0 Å². The third kappa shape index (κ3) is 3.70. The number of hydrogen-bond donors (Lipinski definition) is 1. The standard InChI is InChI=1S/C15H22N2O2/c1-12(2)19-11-16-15(18)13-7-3-4-8-14(13)17-9-5-6-10-17/h3-4,7-8,12H,5-6,9-11H2,1-2H3,(H,16,18). The predicted octanol–water partition coefficient (Wildman–Crippen LogP) is 2.40. The maximum Gasteiger partial charge on any atom is 0.255 e. The molecule has 1 aliphatic rings. The molecule has 1 N–H and O–H groups in total. The maximum atomic E-state index is 12.2. The van der Waals surface area contributed by atoms with Crippen LogP contribution in [0, 0.1) is 0 Å². The molecule has 0 spiro atoms. The number of carbonyl (C=O) groups excluding carboxylic acids is 1. The number of amides is 1. The topological polar surface area (TPSA) is 41.6 Å². The fourth-order valence-electron chi connectivity index (χ4n) is 2.27. The molecule has 0 atom stereocenters. The van der Waals surface area contributed by atoms with Crippen molar-refractivity contribution in [2.75, 3.05) is 24.7 Å². The van der Waals surface area contributed by atoms with Crippen molar-refractivity contribution in [1.29, 1.82) is 0 Å². The molecular formula is C15H22N2O2. The van der Waals surface area contributed by atoms with Crippen LogP contribution in [0.15, 0.2) is 24.3 Å². The zero-order valence-electron chi connectivity index (χ0n) is 11.7. The summed E-state index contributed by atoms with van der Waals surface area (Å²) in [4.78, 5) is 14.5. The maximum absolute atomic E-state index is 12.2. The van der Waals surface area contributed by atoms with Gasteiger partial charge in [-0.05, 0) is 38.8 Å². The Hall–Kier alpha value is -1.55. The lowest BCUT2D eigenvalue weighted by atomic mass is 10.1. The first-order chi connectivity index (χ1) is 9.18. The Balaban J connectivity index is 2.04. The van der Waals surface area contributed by atoms with Gasteiger partial charge in [0.15, 0.2) is 0 Å². The third-order valence-corrected chi connectivity index (χ3v) is 3.24. The van der Waals surface area contributed by atoms with E-state index in [-0.39, 0.29) is 18.7 Å². The molecule has 19 heavy (non-hydrogen) atoms. The van der Waals surface area contributed by atoms with Crippen LogP contribution in [-0.2, 0) is 4.74 Å². The van der Waals surface area contributed by atoms with Crippen molar-refractivity contribution < 1.29 is 9.53 Å². The van der Waals surface area contributed by atoms with Crippen LogP contribution in [0.25, 0.3) is 0 Å². The van der Waals surface area contributed by atoms with Crippen LogP contribution in [0.3, 0.4) is 0 Å². The molecule has 0 unspecified atom stereocenters. The molecule has 0 aliphatic carbocycles. The Morgan fingerprint density at radius 3 is 2.68 bits per heavy atom. The minimum Gasteiger partial charge on any atom is -0.371 e. The predicted molar refractivity (Wildman–Crippen MR) is 76.4 cm³/mol. The van der Waals surface area contributed by atoms with E-state index in [0.29, 0.717) is 0 Å². The van der Waals surface area contributed by atoms with Crippen LogP contribution in [-0.4, -0.2) is 31.8 Å². The van der Waals surface area contributed by atoms with Crippen LogP contribution in [0.5, 0.6) is 0 Å². The molecule has 104 valence electrons. The summed E-state index contributed by atoms with van der Waals surface area (Å²) in [5, 5.41) is 2.81. The Morgan fingerprint density at radius 2 is 2.00 bits per heavy atom. The molecule has 1 saturated heterocycles. The largest absolute Gasteiger partial charge is 0.371 e. The van der Waals surface area contributed by atoms with E-state index >= 15 is 0 Å². The molecule has 1 fully saturated rings. The van der Waals surface area contributed by atoms with Crippen molar-refractivity contribution in [3.05, 3.63) is 29.8 Å². The van der Waals surface area contributed by atoms with Gasteiger partial charge >= 0.3 is 0 Å². The average Bonchev–Trinajstić information content (AvgIpc) is 2.92. The first-order valence-electron chi connectivity index (χ1n) is 6.92. The van der Waals surface area contributed by atoms with Crippen molar-refractivity contribution in [3.63, 3.8) is 0 Å². The van der Waals surface area contributed by atoms with Gasteiger partial charge in [0, 0.05) is 18.8 Å². The van der Waals surface area contributed by atoms with E-state index in [1.54, 1.807) is 0 Å². The van der Waals surface area contributed by atoms with Gasteiger partial charge in [-0.2, -0.15) is 0 Å². The van der Waals surface area contributed by atoms with Gasteiger partial charge in [-0.25, -0.2) is 0 Å². The highest BCUT2D eigenvalue weighted by molar-refractivity contribution is 5.99. The number of rotatable bonds is 5. The normalized spacial score (nSPS) is 15.0. The minimum atomic E-state index is -0.0665. The second-order valence-electron chi connectivity index (χ2n) is 5.08. The number of ether oxygens (including phenoxy) is 1. The van der Waals surface area contributed by atoms with Crippen molar-refractivity contribution in [2.24, 2.45) is 0 Å². The molecule has 0 aromatic heterocycles. The molecule has 1 aromatic rings. The molecule has 1 aromatic carbocycles. The van der Waals surface area contributed by atoms with Gasteiger partial charge < -0.3 is 15.0 Å². The number of anilines is 1. The quantitative estimate of drug-likeness (QED) is 0.828. The summed E-state index contributed by atoms with van der Waals surface area (Å²) in [5.74, 6) is -0.0665. The highest BCUT2D eigenvalue weighted by Gasteiger charge is 2.18. The summed E-state index contributed by atoms with van der Waals surface area (Å²) < 4.78 is 5.35. The SMILES string of the molecule is CC(C)OCNC(=O)c1ccccc1N1CCCC1. The van der Waals surface area contributed by atoms with Crippen molar-refractivity contribution in [3.8, 4) is 0 Å². The summed E-state index contributed by atoms with van der Waals surface area (Å²) in [7, 11) is 0. The van der Waals surface area contributed by atoms with Gasteiger partial charge in [-0.1, -0.05) is 12.1 Å². The molecule has 2 rings (SSSR count). The molecule has 0 radical (unpaired) electrons. The number of hydrogen-bond acceptors (Lipinski definition) is 3. The first kappa shape index (κ1) is 13.9. The molecule has 0 bridgehead atoms. The summed E-state index contributed by atoms with van der Waals surface area (Å²) in [6.45, 7) is 6.22. The molecule has 1 heterocycles. The zero-order valence-corrected chi connectivity index (χ0v) is 11.7. The summed E-state index contributed by atoms with van der Waals surface area (Å²) >= 11 is 0. The smallest absolute Gasteiger partial charge is 0.255 e. The van der Waals surface area contributed by atoms with E-state index < -0.39 is 0 Å². The summed E-state index contributed by atoms with van der Waals surface area (Å²) in [5.41, 5.74) is 1.76. The van der Waals surface area contributed by atoms with Crippen molar-refractivity contribution in [1.82, 2.24) is 5.32 Å². The van der Waals surface area contributed by atoms with E-state index in [2.05, 4.69) is 10.2 Å². The minimum absolute atomic E-state index is 0.0665. The lowest BCUT2D eigenvalue weighted by Gasteiger charge is -2.21. The third-order valence-electron chi connectivity index (χ3n) is 3.24. The molecule has 4 heteroatoms. The fourth-order valence-corrected chi connectivity index (χ4v) is 2.27. The van der Waals surface area contributed by atoms with Crippen molar-refractivity contribution >= 4 is 11.6 Å². The van der Waals surface area contributed by atoms with Crippen molar-refractivity contribution in [2.45, 2.75) is 32.8 Å². The number of nitrogens with zero attached hydrogens (tertiary/aromatic N) is 1. The van der Waals surface area contributed by atoms with Gasteiger partial charge in [0.25, 0.3) is 5.91 Å². The summed E-state index contributed by atoms with van der Waals surface area (Å²) in [6, 6.07) is 7.77. The second-order valence-corrected chi connectivity index (χ2v) is 5.08. The molecule has 4 nitrogen and oxygen atoms in total. The number of para-hydroxylation sites is 1. The van der Waals surface area contributed by atoms with E-state index in [1.165, 1.54) is 12.8 Å². The van der Waals surface area contributed by atoms with E-state index in [9.17, 15) is 4.79 Å². The number of carbonyl (C=O) groups is 1. The van der Waals surface area contributed by atoms with E-state index in [1.807, 2.05) is 38.1 Å². The van der Waals surface area contributed by atoms with Gasteiger partial charge in [-0.3, -0.25) is 4.79 Å². The summed E-state index contributed by atoms with van der Waals surface area (Å²) in [6.07, 6.45) is 2.52. The van der Waals surface area contributed by atoms with Crippen LogP contribution in [0.4, 0.5) is 5.69 Å². The highest BCUT2D eigenvalue weighted by atomic mass is 16.5. The van der Waals surface area contributed by atoms with Gasteiger partial charge in [-0.15, -0.1) is 0 Å². The van der Waals surface area contributed by atoms with Gasteiger partial charge in [0.2, 0.25) is 0 Å². The first-order valence-corrected chi connectivity index (χ1v) is 6.92. The lowest BCUT2D eigenvalue weighted by Crippen LogP contribution is -2.30. The Labute approximate surface area is 114 Å². The van der Waals surface area contributed by atoms with E-state index in [4.69, 9.17) is 4.74 Å². The molecule has 1 aliphatic heterocycles. The van der Waals surface area contributed by atoms with Crippen LogP contribution in [0.2, 0.25) is 0 Å². The Bertz CT molecular complexity index is 426. The lowest BCUT2D eigenvalue weighted by molar-refractivity contribution is 0.0561. The van der Waals surface area contributed by atoms with Crippen LogP contribution >= 0.6 is 0 Å². The Kier molecular flexibility index (Phi) is 4.80.